The third kappa shape index (κ3) is 3.94. The van der Waals surface area contributed by atoms with Crippen LogP contribution in [0.15, 0.2) is 23.1 Å². The number of carbonyl (C=O) groups excluding carboxylic acids is 1. The number of pyridine rings is 1. The minimum Gasteiger partial charge on any atom is -0.481 e. The van der Waals surface area contributed by atoms with Crippen LogP contribution < -0.4 is 5.56 Å². The van der Waals surface area contributed by atoms with Gasteiger partial charge in [0, 0.05) is 31.9 Å². The van der Waals surface area contributed by atoms with Gasteiger partial charge >= 0.3 is 5.97 Å². The van der Waals surface area contributed by atoms with Crippen molar-refractivity contribution in [2.24, 2.45) is 7.05 Å². The molecule has 1 aromatic heterocycles. The fourth-order valence-corrected chi connectivity index (χ4v) is 1.70. The van der Waals surface area contributed by atoms with Gasteiger partial charge in [-0.15, -0.1) is 0 Å². The van der Waals surface area contributed by atoms with Crippen LogP contribution in [0.5, 0.6) is 0 Å². The second kappa shape index (κ2) is 6.17. The molecule has 0 bridgehead atoms. The summed E-state index contributed by atoms with van der Waals surface area (Å²) in [5.41, 5.74) is 0.180. The minimum atomic E-state index is -0.945. The zero-order chi connectivity index (χ0) is 14.6. The SMILES string of the molecule is CC(C)N(CCC(=O)O)C(=O)c1ccc(=O)n(C)c1. The maximum Gasteiger partial charge on any atom is 0.305 e. The molecule has 1 heterocycles. The molecule has 0 aromatic carbocycles. The Kier molecular flexibility index (Phi) is 4.86. The maximum absolute atomic E-state index is 12.3. The van der Waals surface area contributed by atoms with Crippen molar-refractivity contribution in [1.82, 2.24) is 9.47 Å². The molecule has 0 fully saturated rings. The lowest BCUT2D eigenvalue weighted by Crippen LogP contribution is -2.39. The molecule has 0 saturated carbocycles. The zero-order valence-corrected chi connectivity index (χ0v) is 11.3. The first-order valence-electron chi connectivity index (χ1n) is 6.02. The Morgan fingerprint density at radius 3 is 2.47 bits per heavy atom. The zero-order valence-electron chi connectivity index (χ0n) is 11.3. The van der Waals surface area contributed by atoms with E-state index in [9.17, 15) is 14.4 Å². The maximum atomic E-state index is 12.3. The van der Waals surface area contributed by atoms with Crippen molar-refractivity contribution in [2.45, 2.75) is 26.3 Å². The van der Waals surface area contributed by atoms with Crippen molar-refractivity contribution in [3.63, 3.8) is 0 Å². The van der Waals surface area contributed by atoms with Crippen molar-refractivity contribution in [3.8, 4) is 0 Å². The summed E-state index contributed by atoms with van der Waals surface area (Å²) >= 11 is 0. The predicted octanol–water partition coefficient (Wildman–Crippen LogP) is 0.711. The van der Waals surface area contributed by atoms with Gasteiger partial charge in [-0.2, -0.15) is 0 Å². The van der Waals surface area contributed by atoms with Gasteiger partial charge in [0.1, 0.15) is 0 Å². The van der Waals surface area contributed by atoms with Gasteiger partial charge in [0.15, 0.2) is 0 Å². The third-order valence-electron chi connectivity index (χ3n) is 2.78. The topological polar surface area (TPSA) is 79.6 Å². The van der Waals surface area contributed by atoms with Crippen LogP contribution >= 0.6 is 0 Å². The molecular weight excluding hydrogens is 248 g/mol. The number of aliphatic carboxylic acids is 1. The summed E-state index contributed by atoms with van der Waals surface area (Å²) in [6.07, 6.45) is 1.36. The van der Waals surface area contributed by atoms with Crippen molar-refractivity contribution in [2.75, 3.05) is 6.54 Å². The molecule has 0 radical (unpaired) electrons. The van der Waals surface area contributed by atoms with Gasteiger partial charge in [0.25, 0.3) is 5.91 Å². The number of aromatic nitrogens is 1. The fraction of sp³-hybridized carbons (Fsp3) is 0.462. The Bertz CT molecular complexity index is 534. The molecule has 0 unspecified atom stereocenters. The molecule has 1 rings (SSSR count). The summed E-state index contributed by atoms with van der Waals surface area (Å²) in [6, 6.07) is 2.67. The molecule has 0 atom stereocenters. The first-order valence-corrected chi connectivity index (χ1v) is 6.02. The Hall–Kier alpha value is -2.11. The molecule has 1 aromatic rings. The van der Waals surface area contributed by atoms with Crippen LogP contribution in [-0.4, -0.2) is 39.0 Å². The highest BCUT2D eigenvalue weighted by Crippen LogP contribution is 2.08. The van der Waals surface area contributed by atoms with Crippen molar-refractivity contribution >= 4 is 11.9 Å². The lowest BCUT2D eigenvalue weighted by atomic mass is 10.2. The Balaban J connectivity index is 2.95. The van der Waals surface area contributed by atoms with Gasteiger partial charge in [-0.1, -0.05) is 0 Å². The van der Waals surface area contributed by atoms with Gasteiger partial charge < -0.3 is 14.6 Å². The first-order chi connectivity index (χ1) is 8.82. The second-order valence-electron chi connectivity index (χ2n) is 4.60. The van der Waals surface area contributed by atoms with E-state index < -0.39 is 5.97 Å². The number of carbonyl (C=O) groups is 2. The normalized spacial score (nSPS) is 10.5. The second-order valence-corrected chi connectivity index (χ2v) is 4.60. The van der Waals surface area contributed by atoms with Crippen LogP contribution in [0.1, 0.15) is 30.6 Å². The number of rotatable bonds is 5. The van der Waals surface area contributed by atoms with E-state index in [0.29, 0.717) is 5.56 Å². The van der Waals surface area contributed by atoms with E-state index >= 15 is 0 Å². The summed E-state index contributed by atoms with van der Waals surface area (Å²) in [7, 11) is 1.57. The number of carboxylic acids is 1. The molecule has 1 N–H and O–H groups in total. The van der Waals surface area contributed by atoms with Crippen molar-refractivity contribution in [1.29, 1.82) is 0 Å². The van der Waals surface area contributed by atoms with Crippen LogP contribution in [0.4, 0.5) is 0 Å². The van der Waals surface area contributed by atoms with Crippen LogP contribution in [-0.2, 0) is 11.8 Å². The number of carboxylic acid groups (broad SMARTS) is 1. The lowest BCUT2D eigenvalue weighted by Gasteiger charge is -2.26. The molecule has 0 spiro atoms. The number of hydrogen-bond acceptors (Lipinski definition) is 3. The summed E-state index contributed by atoms with van der Waals surface area (Å²) < 4.78 is 1.32. The Morgan fingerprint density at radius 1 is 1.37 bits per heavy atom. The van der Waals surface area contributed by atoms with E-state index in [1.165, 1.54) is 27.8 Å². The summed E-state index contributed by atoms with van der Waals surface area (Å²) in [4.78, 5) is 35.6. The van der Waals surface area contributed by atoms with Gasteiger partial charge in [-0.3, -0.25) is 14.4 Å². The Labute approximate surface area is 111 Å². The van der Waals surface area contributed by atoms with Crippen LogP contribution in [0.3, 0.4) is 0 Å². The molecule has 19 heavy (non-hydrogen) atoms. The number of aryl methyl sites for hydroxylation is 1. The highest BCUT2D eigenvalue weighted by molar-refractivity contribution is 5.94. The summed E-state index contributed by atoms with van der Waals surface area (Å²) in [5, 5.41) is 8.69. The first kappa shape index (κ1) is 14.9. The molecule has 6 nitrogen and oxygen atoms in total. The molecule has 104 valence electrons. The largest absolute Gasteiger partial charge is 0.481 e. The number of hydrogen-bond donors (Lipinski definition) is 1. The highest BCUT2D eigenvalue weighted by atomic mass is 16.4. The van der Waals surface area contributed by atoms with Crippen LogP contribution in [0, 0.1) is 0 Å². The average Bonchev–Trinajstić information content (AvgIpc) is 2.31. The Morgan fingerprint density at radius 2 is 2.00 bits per heavy atom. The van der Waals surface area contributed by atoms with Gasteiger partial charge in [-0.25, -0.2) is 0 Å². The van der Waals surface area contributed by atoms with Crippen LogP contribution in [0.2, 0.25) is 0 Å². The van der Waals surface area contributed by atoms with E-state index in [4.69, 9.17) is 5.11 Å². The minimum absolute atomic E-state index is 0.102. The summed E-state index contributed by atoms with van der Waals surface area (Å²) in [6.45, 7) is 3.79. The molecule has 0 aliphatic rings. The molecule has 0 aliphatic heterocycles. The van der Waals surface area contributed by atoms with E-state index in [0.717, 1.165) is 0 Å². The van der Waals surface area contributed by atoms with Gasteiger partial charge in [0.2, 0.25) is 5.56 Å². The van der Waals surface area contributed by atoms with Gasteiger partial charge in [0.05, 0.1) is 12.0 Å². The quantitative estimate of drug-likeness (QED) is 0.851. The molecule has 0 saturated heterocycles. The van der Waals surface area contributed by atoms with Crippen molar-refractivity contribution in [3.05, 3.63) is 34.2 Å². The molecule has 1 amide bonds. The number of amides is 1. The number of nitrogens with zero attached hydrogens (tertiary/aromatic N) is 2. The smallest absolute Gasteiger partial charge is 0.305 e. The van der Waals surface area contributed by atoms with Crippen LogP contribution in [0.25, 0.3) is 0 Å². The lowest BCUT2D eigenvalue weighted by molar-refractivity contribution is -0.137. The predicted molar refractivity (Wildman–Crippen MR) is 70.1 cm³/mol. The third-order valence-corrected chi connectivity index (χ3v) is 2.78. The van der Waals surface area contributed by atoms with Crippen molar-refractivity contribution < 1.29 is 14.7 Å². The van der Waals surface area contributed by atoms with E-state index in [2.05, 4.69) is 0 Å². The highest BCUT2D eigenvalue weighted by Gasteiger charge is 2.19. The summed E-state index contributed by atoms with van der Waals surface area (Å²) in [5.74, 6) is -1.22. The van der Waals surface area contributed by atoms with E-state index in [-0.39, 0.29) is 30.5 Å². The molecule has 0 aliphatic carbocycles. The van der Waals surface area contributed by atoms with E-state index in [1.807, 2.05) is 13.8 Å². The van der Waals surface area contributed by atoms with Gasteiger partial charge in [-0.05, 0) is 19.9 Å². The average molecular weight is 266 g/mol. The monoisotopic (exact) mass is 266 g/mol. The molecular formula is C13H18N2O4. The van der Waals surface area contributed by atoms with E-state index in [1.54, 1.807) is 7.05 Å². The standard InChI is InChI=1S/C13H18N2O4/c1-9(2)15(7-6-12(17)18)13(19)10-4-5-11(16)14(3)8-10/h4-5,8-9H,6-7H2,1-3H3,(H,17,18). The fourth-order valence-electron chi connectivity index (χ4n) is 1.70. The molecule has 6 heteroatoms.